The van der Waals surface area contributed by atoms with Gasteiger partial charge < -0.3 is 0 Å². The predicted molar refractivity (Wildman–Crippen MR) is 132 cm³/mol. The first-order chi connectivity index (χ1) is 12.7. The third kappa shape index (κ3) is 27.4. The average Bonchev–Trinajstić information content (AvgIpc) is 2.67. The smallest absolute Gasteiger partial charge is 0 e. The van der Waals surface area contributed by atoms with Crippen LogP contribution in [0.3, 0.4) is 0 Å². The van der Waals surface area contributed by atoms with Crippen LogP contribution in [0.15, 0.2) is 0 Å². The molecule has 0 radical (unpaired) electrons. The van der Waals surface area contributed by atoms with Crippen LogP contribution in [0.5, 0.6) is 0 Å². The van der Waals surface area contributed by atoms with E-state index >= 15 is 0 Å². The largest absolute Gasteiger partial charge is 0.107 e. The Hall–Kier alpha value is 1.39. The van der Waals surface area contributed by atoms with E-state index in [9.17, 15) is 0 Å². The fourth-order valence-corrected chi connectivity index (χ4v) is 8.88. The van der Waals surface area contributed by atoms with Crippen LogP contribution in [-0.4, -0.2) is 37.0 Å². The molecule has 0 aliphatic heterocycles. The molecule has 0 fully saturated rings. The van der Waals surface area contributed by atoms with Crippen LogP contribution in [-0.2, 0) is 17.4 Å². The van der Waals surface area contributed by atoms with Gasteiger partial charge in [-0.15, -0.1) is 15.8 Å². The molecule has 0 aromatic rings. The van der Waals surface area contributed by atoms with E-state index in [1.54, 1.807) is 37.0 Å². The number of rotatable bonds is 18. The van der Waals surface area contributed by atoms with E-state index in [1.165, 1.54) is 77.0 Å². The van der Waals surface area contributed by atoms with Crippen molar-refractivity contribution in [2.24, 2.45) is 0 Å². The Morgan fingerprint density at radius 2 is 0.481 bits per heavy atom. The van der Waals surface area contributed by atoms with E-state index in [4.69, 9.17) is 0 Å². The molecular formula is C24H54CrP2. The first kappa shape index (κ1) is 33.0. The molecule has 0 aromatic heterocycles. The van der Waals surface area contributed by atoms with E-state index in [2.05, 4.69) is 41.5 Å². The van der Waals surface area contributed by atoms with E-state index in [1.807, 2.05) is 0 Å². The van der Waals surface area contributed by atoms with Crippen molar-refractivity contribution in [1.29, 1.82) is 0 Å². The Bertz CT molecular complexity index is 174. The molecule has 0 spiro atoms. The summed E-state index contributed by atoms with van der Waals surface area (Å²) < 4.78 is 0. The van der Waals surface area contributed by atoms with Crippen molar-refractivity contribution in [3.8, 4) is 0 Å². The summed E-state index contributed by atoms with van der Waals surface area (Å²) in [4.78, 5) is 0. The SMILES string of the molecule is CCCCP(CCCC)CCCC.CCCCP(CCCC)CCCC.[Cr]. The molecule has 0 amide bonds. The van der Waals surface area contributed by atoms with Crippen LogP contribution in [0.25, 0.3) is 0 Å². The second-order valence-corrected chi connectivity index (χ2v) is 13.2. The van der Waals surface area contributed by atoms with Gasteiger partial charge in [0.25, 0.3) is 0 Å². The van der Waals surface area contributed by atoms with Crippen LogP contribution in [0.4, 0.5) is 0 Å². The van der Waals surface area contributed by atoms with Gasteiger partial charge in [-0.05, 0) is 75.5 Å². The Labute approximate surface area is 188 Å². The van der Waals surface area contributed by atoms with Gasteiger partial charge >= 0.3 is 0 Å². The van der Waals surface area contributed by atoms with Gasteiger partial charge in [0.2, 0.25) is 0 Å². The minimum atomic E-state index is 0. The average molecular weight is 457 g/mol. The number of unbranched alkanes of at least 4 members (excludes halogenated alkanes) is 6. The number of hydrogen-bond donors (Lipinski definition) is 0. The second kappa shape index (κ2) is 29.6. The molecule has 27 heavy (non-hydrogen) atoms. The molecule has 0 aliphatic rings. The maximum absolute atomic E-state index is 2.31. The first-order valence-corrected chi connectivity index (χ1v) is 15.9. The maximum atomic E-state index is 2.31. The molecule has 0 nitrogen and oxygen atoms in total. The third-order valence-electron chi connectivity index (χ3n) is 4.97. The van der Waals surface area contributed by atoms with Crippen LogP contribution in [0.2, 0.25) is 0 Å². The van der Waals surface area contributed by atoms with Gasteiger partial charge in [0.15, 0.2) is 0 Å². The maximum Gasteiger partial charge on any atom is 0 e. The van der Waals surface area contributed by atoms with Crippen LogP contribution in [0.1, 0.15) is 119 Å². The summed E-state index contributed by atoms with van der Waals surface area (Å²) in [6, 6.07) is 0. The molecule has 0 N–H and O–H groups in total. The summed E-state index contributed by atoms with van der Waals surface area (Å²) in [5, 5.41) is 0. The summed E-state index contributed by atoms with van der Waals surface area (Å²) in [6.45, 7) is 13.9. The van der Waals surface area contributed by atoms with Gasteiger partial charge in [-0.25, -0.2) is 0 Å². The topological polar surface area (TPSA) is 0 Å². The van der Waals surface area contributed by atoms with Gasteiger partial charge in [0, 0.05) is 17.4 Å². The molecule has 0 aliphatic carbocycles. The van der Waals surface area contributed by atoms with E-state index in [-0.39, 0.29) is 17.4 Å². The van der Waals surface area contributed by atoms with Crippen LogP contribution < -0.4 is 0 Å². The minimum absolute atomic E-state index is 0. The summed E-state index contributed by atoms with van der Waals surface area (Å²) in [5.41, 5.74) is 0. The molecular weight excluding hydrogens is 402 g/mol. The standard InChI is InChI=1S/2C12H27P.Cr/c2*1-4-7-10-13(11-8-5-2)12-9-6-3;/h2*4-12H2,1-3H3;. The predicted octanol–water partition coefficient (Wildman–Crippen LogP) is 9.73. The second-order valence-electron chi connectivity index (χ2n) is 7.80. The molecule has 166 valence electrons. The Morgan fingerprint density at radius 3 is 0.593 bits per heavy atom. The van der Waals surface area contributed by atoms with Gasteiger partial charge in [-0.3, -0.25) is 0 Å². The van der Waals surface area contributed by atoms with E-state index in [0.29, 0.717) is 15.8 Å². The quantitative estimate of drug-likeness (QED) is 0.180. The van der Waals surface area contributed by atoms with Crippen LogP contribution >= 0.6 is 15.8 Å². The Balaban J connectivity index is -0.000000411. The third-order valence-corrected chi connectivity index (χ3v) is 10.7. The van der Waals surface area contributed by atoms with Crippen molar-refractivity contribution in [2.75, 3.05) is 37.0 Å². The van der Waals surface area contributed by atoms with Crippen molar-refractivity contribution in [2.45, 2.75) is 119 Å². The first-order valence-electron chi connectivity index (χ1n) is 12.1. The van der Waals surface area contributed by atoms with Crippen LogP contribution in [0, 0.1) is 0 Å². The summed E-state index contributed by atoms with van der Waals surface area (Å²) in [5.74, 6) is 0. The van der Waals surface area contributed by atoms with Crippen molar-refractivity contribution >= 4 is 15.8 Å². The Morgan fingerprint density at radius 1 is 0.333 bits per heavy atom. The van der Waals surface area contributed by atoms with Gasteiger partial charge in [-0.1, -0.05) is 80.1 Å². The summed E-state index contributed by atoms with van der Waals surface area (Å²) in [7, 11) is 0.843. The number of hydrogen-bond acceptors (Lipinski definition) is 0. The van der Waals surface area contributed by atoms with E-state index < -0.39 is 0 Å². The Kier molecular flexibility index (Phi) is 36.2. The minimum Gasteiger partial charge on any atom is -0.107 e. The zero-order valence-corrected chi connectivity index (χ0v) is 23.1. The molecule has 0 atom stereocenters. The summed E-state index contributed by atoms with van der Waals surface area (Å²) >= 11 is 0. The van der Waals surface area contributed by atoms with Crippen molar-refractivity contribution in [3.05, 3.63) is 0 Å². The molecule has 0 saturated heterocycles. The van der Waals surface area contributed by atoms with Crippen molar-refractivity contribution in [3.63, 3.8) is 0 Å². The zero-order valence-electron chi connectivity index (χ0n) is 20.0. The molecule has 0 bridgehead atoms. The fourth-order valence-electron chi connectivity index (χ4n) is 2.96. The zero-order chi connectivity index (χ0) is 19.9. The van der Waals surface area contributed by atoms with E-state index in [0.717, 1.165) is 0 Å². The fraction of sp³-hybridized carbons (Fsp3) is 1.00. The van der Waals surface area contributed by atoms with Gasteiger partial charge in [0.1, 0.15) is 0 Å². The van der Waals surface area contributed by atoms with Gasteiger partial charge in [-0.2, -0.15) is 0 Å². The monoisotopic (exact) mass is 456 g/mol. The van der Waals surface area contributed by atoms with Gasteiger partial charge in [0.05, 0.1) is 0 Å². The molecule has 0 saturated carbocycles. The molecule has 3 heteroatoms. The normalized spacial score (nSPS) is 10.7. The molecule has 0 heterocycles. The summed E-state index contributed by atoms with van der Waals surface area (Å²) in [6.07, 6.45) is 26.4. The molecule has 0 aromatic carbocycles. The van der Waals surface area contributed by atoms with Crippen molar-refractivity contribution < 1.29 is 17.4 Å². The molecule has 0 unspecified atom stereocenters. The molecule has 0 rings (SSSR count). The van der Waals surface area contributed by atoms with Crippen molar-refractivity contribution in [1.82, 2.24) is 0 Å².